The summed E-state index contributed by atoms with van der Waals surface area (Å²) in [4.78, 5) is 23.5. The van der Waals surface area contributed by atoms with E-state index in [1.807, 2.05) is 0 Å². The van der Waals surface area contributed by atoms with Gasteiger partial charge in [-0.3, -0.25) is 4.79 Å². The predicted molar refractivity (Wildman–Crippen MR) is 55.7 cm³/mol. The molecule has 0 spiro atoms. The Hall–Kier alpha value is -1.92. The fraction of sp³-hybridized carbons (Fsp3) is 0.455. The summed E-state index contributed by atoms with van der Waals surface area (Å²) in [6.45, 7) is -0.660. The average molecular weight is 259 g/mol. The Labute approximate surface area is 101 Å². The number of rotatable bonds is 5. The first-order chi connectivity index (χ1) is 8.49. The summed E-state index contributed by atoms with van der Waals surface area (Å²) in [6, 6.07) is 2.13. The van der Waals surface area contributed by atoms with Crippen LogP contribution in [0.1, 0.15) is 34.0 Å². The van der Waals surface area contributed by atoms with Gasteiger partial charge in [0.2, 0.25) is 5.76 Å². The van der Waals surface area contributed by atoms with Crippen LogP contribution in [0.5, 0.6) is 0 Å². The molecular formula is C11H11F2NO4. The van der Waals surface area contributed by atoms with Crippen LogP contribution in [0.25, 0.3) is 0 Å². The molecule has 2 rings (SSSR count). The molecule has 18 heavy (non-hydrogen) atoms. The van der Waals surface area contributed by atoms with E-state index in [4.69, 9.17) is 9.52 Å². The lowest BCUT2D eigenvalue weighted by molar-refractivity contribution is 0.0501. The van der Waals surface area contributed by atoms with Crippen LogP contribution in [0.15, 0.2) is 16.5 Å². The van der Waals surface area contributed by atoms with Crippen LogP contribution in [0.2, 0.25) is 0 Å². The zero-order chi connectivity index (χ0) is 13.3. The van der Waals surface area contributed by atoms with E-state index >= 15 is 0 Å². The Kier molecular flexibility index (Phi) is 3.31. The van der Waals surface area contributed by atoms with E-state index in [0.29, 0.717) is 12.8 Å². The minimum Gasteiger partial charge on any atom is -0.475 e. The van der Waals surface area contributed by atoms with Gasteiger partial charge in [-0.25, -0.2) is 13.6 Å². The number of carboxylic acid groups (broad SMARTS) is 1. The molecule has 5 nitrogen and oxygen atoms in total. The van der Waals surface area contributed by atoms with Crippen molar-refractivity contribution in [3.05, 3.63) is 23.7 Å². The lowest BCUT2D eigenvalue weighted by atomic mass is 10.3. The van der Waals surface area contributed by atoms with Gasteiger partial charge in [0.1, 0.15) is 0 Å². The number of amides is 1. The molecular weight excluding hydrogens is 248 g/mol. The molecule has 98 valence electrons. The smallest absolute Gasteiger partial charge is 0.371 e. The Morgan fingerprint density at radius 3 is 2.44 bits per heavy atom. The van der Waals surface area contributed by atoms with Crippen molar-refractivity contribution >= 4 is 11.9 Å². The summed E-state index contributed by atoms with van der Waals surface area (Å²) in [5.41, 5.74) is 0. The quantitative estimate of drug-likeness (QED) is 0.875. The first kappa shape index (κ1) is 12.5. The van der Waals surface area contributed by atoms with Crippen LogP contribution in [-0.2, 0) is 0 Å². The Morgan fingerprint density at radius 2 is 2.00 bits per heavy atom. The third-order valence-corrected chi connectivity index (χ3v) is 2.61. The highest BCUT2D eigenvalue weighted by atomic mass is 19.3. The van der Waals surface area contributed by atoms with Crippen LogP contribution >= 0.6 is 0 Å². The lowest BCUT2D eigenvalue weighted by Gasteiger charge is -2.20. The molecule has 1 N–H and O–H groups in total. The van der Waals surface area contributed by atoms with E-state index in [-0.39, 0.29) is 17.6 Å². The SMILES string of the molecule is O=C(O)c1ccc(C(=O)N(CC(F)F)C2CC2)o1. The number of carboxylic acids is 1. The number of carbonyl (C=O) groups is 2. The molecule has 7 heteroatoms. The van der Waals surface area contributed by atoms with Gasteiger partial charge < -0.3 is 14.4 Å². The van der Waals surface area contributed by atoms with Crippen molar-refractivity contribution in [2.24, 2.45) is 0 Å². The molecule has 0 unspecified atom stereocenters. The highest BCUT2D eigenvalue weighted by Crippen LogP contribution is 2.29. The molecule has 1 amide bonds. The first-order valence-corrected chi connectivity index (χ1v) is 5.41. The standard InChI is InChI=1S/C11H11F2NO4/c12-9(13)5-14(6-1-2-6)10(15)7-3-4-8(18-7)11(16)17/h3-4,6,9H,1-2,5H2,(H,16,17). The van der Waals surface area contributed by atoms with E-state index in [9.17, 15) is 18.4 Å². The molecule has 1 heterocycles. The van der Waals surface area contributed by atoms with Crippen LogP contribution in [0, 0.1) is 0 Å². The summed E-state index contributed by atoms with van der Waals surface area (Å²) in [5, 5.41) is 8.65. The highest BCUT2D eigenvalue weighted by Gasteiger charge is 2.36. The second-order valence-corrected chi connectivity index (χ2v) is 4.05. The Bertz CT molecular complexity index is 467. The zero-order valence-corrected chi connectivity index (χ0v) is 9.31. The van der Waals surface area contributed by atoms with E-state index in [2.05, 4.69) is 0 Å². The van der Waals surface area contributed by atoms with Crippen LogP contribution in [-0.4, -0.2) is 40.9 Å². The first-order valence-electron chi connectivity index (χ1n) is 5.41. The molecule has 0 aromatic carbocycles. The molecule has 0 radical (unpaired) electrons. The number of nitrogens with zero attached hydrogens (tertiary/aromatic N) is 1. The maximum atomic E-state index is 12.4. The van der Waals surface area contributed by atoms with Gasteiger partial charge >= 0.3 is 5.97 Å². The normalized spacial score (nSPS) is 14.8. The van der Waals surface area contributed by atoms with Crippen molar-refractivity contribution < 1.29 is 27.9 Å². The highest BCUT2D eigenvalue weighted by molar-refractivity contribution is 5.93. The summed E-state index contributed by atoms with van der Waals surface area (Å²) < 4.78 is 29.5. The molecule has 0 atom stereocenters. The van der Waals surface area contributed by atoms with Gasteiger partial charge in [-0.15, -0.1) is 0 Å². The van der Waals surface area contributed by atoms with Crippen LogP contribution in [0.4, 0.5) is 8.78 Å². The minimum absolute atomic E-state index is 0.190. The summed E-state index contributed by atoms with van der Waals surface area (Å²) >= 11 is 0. The predicted octanol–water partition coefficient (Wildman–Crippen LogP) is 1.85. The Balaban J connectivity index is 2.14. The molecule has 0 saturated heterocycles. The molecule has 1 aliphatic carbocycles. The number of carbonyl (C=O) groups excluding carboxylic acids is 1. The van der Waals surface area contributed by atoms with Gasteiger partial charge in [0.15, 0.2) is 5.76 Å². The van der Waals surface area contributed by atoms with Gasteiger partial charge in [-0.1, -0.05) is 0 Å². The maximum Gasteiger partial charge on any atom is 0.371 e. The van der Waals surface area contributed by atoms with Gasteiger partial charge in [0, 0.05) is 6.04 Å². The molecule has 1 aliphatic rings. The van der Waals surface area contributed by atoms with E-state index in [0.717, 1.165) is 11.0 Å². The zero-order valence-electron chi connectivity index (χ0n) is 9.31. The molecule has 0 bridgehead atoms. The summed E-state index contributed by atoms with van der Waals surface area (Å²) in [7, 11) is 0. The molecule has 1 aromatic rings. The summed E-state index contributed by atoms with van der Waals surface area (Å²) in [5.74, 6) is -2.60. The minimum atomic E-state index is -2.62. The Morgan fingerprint density at radius 1 is 1.39 bits per heavy atom. The number of hydrogen-bond donors (Lipinski definition) is 1. The average Bonchev–Trinajstić information content (AvgIpc) is 3.00. The van der Waals surface area contributed by atoms with Gasteiger partial charge in [-0.2, -0.15) is 0 Å². The van der Waals surface area contributed by atoms with Crippen molar-refractivity contribution in [2.45, 2.75) is 25.3 Å². The van der Waals surface area contributed by atoms with Crippen LogP contribution < -0.4 is 0 Å². The fourth-order valence-electron chi connectivity index (χ4n) is 1.64. The number of furan rings is 1. The van der Waals surface area contributed by atoms with Crippen molar-refractivity contribution in [3.8, 4) is 0 Å². The van der Waals surface area contributed by atoms with E-state index in [1.165, 1.54) is 6.07 Å². The molecule has 1 saturated carbocycles. The van der Waals surface area contributed by atoms with Crippen LogP contribution in [0.3, 0.4) is 0 Å². The van der Waals surface area contributed by atoms with Gasteiger partial charge in [0.05, 0.1) is 6.54 Å². The monoisotopic (exact) mass is 259 g/mol. The second kappa shape index (κ2) is 4.75. The lowest BCUT2D eigenvalue weighted by Crippen LogP contribution is -2.36. The van der Waals surface area contributed by atoms with E-state index in [1.54, 1.807) is 0 Å². The van der Waals surface area contributed by atoms with Gasteiger partial charge in [0.25, 0.3) is 12.3 Å². The summed E-state index contributed by atoms with van der Waals surface area (Å²) in [6.07, 6.45) is -1.25. The van der Waals surface area contributed by atoms with Crippen molar-refractivity contribution in [2.75, 3.05) is 6.54 Å². The molecule has 1 aromatic heterocycles. The maximum absolute atomic E-state index is 12.4. The largest absolute Gasteiger partial charge is 0.475 e. The van der Waals surface area contributed by atoms with Crippen molar-refractivity contribution in [3.63, 3.8) is 0 Å². The number of hydrogen-bond acceptors (Lipinski definition) is 3. The number of halogens is 2. The fourth-order valence-corrected chi connectivity index (χ4v) is 1.64. The van der Waals surface area contributed by atoms with Crippen molar-refractivity contribution in [1.29, 1.82) is 0 Å². The van der Waals surface area contributed by atoms with Gasteiger partial charge in [-0.05, 0) is 25.0 Å². The second-order valence-electron chi connectivity index (χ2n) is 4.05. The van der Waals surface area contributed by atoms with E-state index < -0.39 is 24.8 Å². The van der Waals surface area contributed by atoms with Crippen molar-refractivity contribution in [1.82, 2.24) is 4.90 Å². The number of alkyl halides is 2. The topological polar surface area (TPSA) is 70.8 Å². The third kappa shape index (κ3) is 2.66. The number of aromatic carboxylic acids is 1. The molecule has 0 aliphatic heterocycles. The molecule has 1 fully saturated rings. The third-order valence-electron chi connectivity index (χ3n) is 2.61.